The first-order valence-corrected chi connectivity index (χ1v) is 14.9. The van der Waals surface area contributed by atoms with E-state index in [0.29, 0.717) is 17.2 Å². The molecule has 0 unspecified atom stereocenters. The molecule has 0 aromatic heterocycles. The molecule has 2 amide bonds. The number of hydrogen-bond acceptors (Lipinski definition) is 6. The monoisotopic (exact) mass is 581 g/mol. The second-order valence-corrected chi connectivity index (χ2v) is 11.7. The largest absolute Gasteiger partial charge is 0.497 e. The van der Waals surface area contributed by atoms with Crippen molar-refractivity contribution < 1.29 is 27.5 Å². The van der Waals surface area contributed by atoms with E-state index in [0.717, 1.165) is 21.9 Å². The molecule has 9 nitrogen and oxygen atoms in total. The summed E-state index contributed by atoms with van der Waals surface area (Å²) < 4.78 is 39.4. The number of rotatable bonds is 13. The van der Waals surface area contributed by atoms with Crippen LogP contribution >= 0.6 is 0 Å². The van der Waals surface area contributed by atoms with Crippen LogP contribution in [0.5, 0.6) is 11.5 Å². The van der Waals surface area contributed by atoms with Crippen molar-refractivity contribution in [2.45, 2.75) is 57.6 Å². The Morgan fingerprint density at radius 1 is 0.854 bits per heavy atom. The number of hydrogen-bond donors (Lipinski definition) is 1. The van der Waals surface area contributed by atoms with Crippen LogP contribution in [-0.4, -0.2) is 58.0 Å². The van der Waals surface area contributed by atoms with E-state index in [-0.39, 0.29) is 23.4 Å². The molecule has 0 heterocycles. The Bertz CT molecular complexity index is 1410. The van der Waals surface area contributed by atoms with E-state index in [9.17, 15) is 18.0 Å². The van der Waals surface area contributed by atoms with Crippen molar-refractivity contribution in [3.63, 3.8) is 0 Å². The van der Waals surface area contributed by atoms with E-state index in [1.54, 1.807) is 62.6 Å². The number of aryl methyl sites for hydroxylation is 1. The molecule has 0 spiro atoms. The molecule has 0 radical (unpaired) electrons. The van der Waals surface area contributed by atoms with Crippen LogP contribution in [-0.2, 0) is 26.2 Å². The van der Waals surface area contributed by atoms with Crippen molar-refractivity contribution in [3.8, 4) is 11.5 Å². The van der Waals surface area contributed by atoms with Crippen LogP contribution in [0.2, 0.25) is 0 Å². The lowest BCUT2D eigenvalue weighted by atomic mass is 10.1. The lowest BCUT2D eigenvalue weighted by molar-refractivity contribution is -0.139. The molecule has 0 fully saturated rings. The number of sulfonamides is 1. The molecule has 41 heavy (non-hydrogen) atoms. The van der Waals surface area contributed by atoms with Crippen molar-refractivity contribution >= 4 is 27.5 Å². The molecule has 0 bridgehead atoms. The highest BCUT2D eigenvalue weighted by atomic mass is 32.2. The van der Waals surface area contributed by atoms with Crippen LogP contribution in [0.1, 0.15) is 38.3 Å². The molecule has 3 aromatic rings. The van der Waals surface area contributed by atoms with Crippen molar-refractivity contribution in [2.24, 2.45) is 0 Å². The van der Waals surface area contributed by atoms with Crippen LogP contribution < -0.4 is 19.1 Å². The Morgan fingerprint density at radius 2 is 1.39 bits per heavy atom. The highest BCUT2D eigenvalue weighted by molar-refractivity contribution is 7.92. The second kappa shape index (κ2) is 14.0. The van der Waals surface area contributed by atoms with Gasteiger partial charge in [0.05, 0.1) is 24.8 Å². The van der Waals surface area contributed by atoms with Crippen molar-refractivity contribution in [1.82, 2.24) is 10.2 Å². The number of nitrogens with one attached hydrogen (secondary N) is 1. The zero-order valence-corrected chi connectivity index (χ0v) is 25.3. The Kier molecular flexibility index (Phi) is 10.8. The van der Waals surface area contributed by atoms with Gasteiger partial charge in [-0.15, -0.1) is 0 Å². The minimum Gasteiger partial charge on any atom is -0.497 e. The molecule has 2 atom stereocenters. The number of nitrogens with zero attached hydrogens (tertiary/aromatic N) is 2. The Hall–Kier alpha value is -4.05. The molecule has 1 N–H and O–H groups in total. The highest BCUT2D eigenvalue weighted by Gasteiger charge is 2.32. The average Bonchev–Trinajstić information content (AvgIpc) is 2.98. The number of methoxy groups -OCH3 is 2. The van der Waals surface area contributed by atoms with Gasteiger partial charge in [0.1, 0.15) is 24.1 Å². The minimum absolute atomic E-state index is 0.0518. The number of anilines is 1. The summed E-state index contributed by atoms with van der Waals surface area (Å²) in [5.74, 6) is 0.353. The third kappa shape index (κ3) is 8.00. The topological polar surface area (TPSA) is 105 Å². The molecule has 3 aromatic carbocycles. The molecular weight excluding hydrogens is 542 g/mol. The van der Waals surface area contributed by atoms with Gasteiger partial charge < -0.3 is 19.7 Å². The quantitative estimate of drug-likeness (QED) is 0.318. The standard InChI is InChI=1S/C31H39N3O6S/c1-7-23(3)32-31(36)24(4)33(20-25-10-14-27(39-5)15-11-25)30(35)21-34(26-12-16-28(40-6)17-13-26)41(37,38)29-18-8-22(2)9-19-29/h8-19,23-24H,7,20-21H2,1-6H3,(H,32,36)/t23-,24+/m1/s1. The number of ether oxygens (including phenoxy) is 2. The van der Waals surface area contributed by atoms with Crippen molar-refractivity contribution in [3.05, 3.63) is 83.9 Å². The zero-order chi connectivity index (χ0) is 30.2. The first-order chi connectivity index (χ1) is 19.5. The smallest absolute Gasteiger partial charge is 0.264 e. The fraction of sp³-hybridized carbons (Fsp3) is 0.355. The van der Waals surface area contributed by atoms with Crippen LogP contribution in [0, 0.1) is 6.92 Å². The maximum atomic E-state index is 14.0. The maximum absolute atomic E-state index is 14.0. The third-order valence-electron chi connectivity index (χ3n) is 6.93. The van der Waals surface area contributed by atoms with Crippen LogP contribution in [0.4, 0.5) is 5.69 Å². The van der Waals surface area contributed by atoms with Gasteiger partial charge in [0.2, 0.25) is 11.8 Å². The molecule has 0 saturated carbocycles. The van der Waals surface area contributed by atoms with Crippen molar-refractivity contribution in [2.75, 3.05) is 25.1 Å². The van der Waals surface area contributed by atoms with Gasteiger partial charge in [-0.2, -0.15) is 0 Å². The Morgan fingerprint density at radius 3 is 1.90 bits per heavy atom. The fourth-order valence-corrected chi connectivity index (χ4v) is 5.50. The summed E-state index contributed by atoms with van der Waals surface area (Å²) >= 11 is 0. The lowest BCUT2D eigenvalue weighted by Crippen LogP contribution is -2.52. The summed E-state index contributed by atoms with van der Waals surface area (Å²) in [4.78, 5) is 28.6. The van der Waals surface area contributed by atoms with Gasteiger partial charge in [-0.1, -0.05) is 36.8 Å². The number of carbonyl (C=O) groups is 2. The van der Waals surface area contributed by atoms with Crippen LogP contribution in [0.25, 0.3) is 0 Å². The van der Waals surface area contributed by atoms with Crippen LogP contribution in [0.3, 0.4) is 0 Å². The second-order valence-electron chi connectivity index (χ2n) is 9.89. The molecule has 3 rings (SSSR count). The molecule has 0 aliphatic heterocycles. The molecule has 10 heteroatoms. The Labute approximate surface area is 243 Å². The number of amides is 2. The van der Waals surface area contributed by atoms with Gasteiger partial charge in [0.25, 0.3) is 10.0 Å². The van der Waals surface area contributed by atoms with E-state index < -0.39 is 28.5 Å². The predicted molar refractivity (Wildman–Crippen MR) is 160 cm³/mol. The molecule has 220 valence electrons. The molecular formula is C31H39N3O6S. The van der Waals surface area contributed by atoms with Gasteiger partial charge in [-0.05, 0) is 81.3 Å². The summed E-state index contributed by atoms with van der Waals surface area (Å²) in [7, 11) is -1.06. The third-order valence-corrected chi connectivity index (χ3v) is 8.72. The number of carbonyl (C=O) groups excluding carboxylic acids is 2. The zero-order valence-electron chi connectivity index (χ0n) is 24.5. The summed E-state index contributed by atoms with van der Waals surface area (Å²) in [6.45, 7) is 6.94. The summed E-state index contributed by atoms with van der Waals surface area (Å²) in [6.07, 6.45) is 0.727. The fourth-order valence-electron chi connectivity index (χ4n) is 4.09. The summed E-state index contributed by atoms with van der Waals surface area (Å²) in [6, 6.07) is 19.1. The SMILES string of the molecule is CC[C@@H](C)NC(=O)[C@H](C)N(Cc1ccc(OC)cc1)C(=O)CN(c1ccc(OC)cc1)S(=O)(=O)c1ccc(C)cc1. The average molecular weight is 582 g/mol. The van der Waals surface area contributed by atoms with Gasteiger partial charge >= 0.3 is 0 Å². The highest BCUT2D eigenvalue weighted by Crippen LogP contribution is 2.27. The predicted octanol–water partition coefficient (Wildman–Crippen LogP) is 4.54. The summed E-state index contributed by atoms with van der Waals surface area (Å²) in [5, 5.41) is 2.93. The first kappa shape index (κ1) is 31.5. The van der Waals surface area contributed by atoms with E-state index in [4.69, 9.17) is 9.47 Å². The minimum atomic E-state index is -4.14. The molecule has 0 aliphatic rings. The summed E-state index contributed by atoms with van der Waals surface area (Å²) in [5.41, 5.74) is 1.96. The molecule has 0 aliphatic carbocycles. The molecule has 0 saturated heterocycles. The lowest BCUT2D eigenvalue weighted by Gasteiger charge is -2.32. The normalized spacial score (nSPS) is 12.6. The van der Waals surface area contributed by atoms with E-state index >= 15 is 0 Å². The van der Waals surface area contributed by atoms with Gasteiger partial charge in [-0.3, -0.25) is 13.9 Å². The van der Waals surface area contributed by atoms with Gasteiger partial charge in [0.15, 0.2) is 0 Å². The van der Waals surface area contributed by atoms with Gasteiger partial charge in [0, 0.05) is 12.6 Å². The van der Waals surface area contributed by atoms with E-state index in [1.165, 1.54) is 24.1 Å². The Balaban J connectivity index is 2.02. The van der Waals surface area contributed by atoms with Crippen LogP contribution in [0.15, 0.2) is 77.7 Å². The maximum Gasteiger partial charge on any atom is 0.264 e. The van der Waals surface area contributed by atoms with E-state index in [1.807, 2.05) is 32.9 Å². The van der Waals surface area contributed by atoms with E-state index in [2.05, 4.69) is 5.32 Å². The van der Waals surface area contributed by atoms with Crippen molar-refractivity contribution in [1.29, 1.82) is 0 Å². The number of benzene rings is 3. The van der Waals surface area contributed by atoms with Gasteiger partial charge in [-0.25, -0.2) is 8.42 Å². The first-order valence-electron chi connectivity index (χ1n) is 13.5.